The van der Waals surface area contributed by atoms with Crippen molar-refractivity contribution in [2.75, 3.05) is 0 Å². The molecule has 2 unspecified atom stereocenters. The molecule has 0 spiro atoms. The number of hydrogen-bond acceptors (Lipinski definition) is 4. The Bertz CT molecular complexity index is 741. The molecule has 2 heterocycles. The third-order valence-electron chi connectivity index (χ3n) is 3.87. The Balaban J connectivity index is 2.19. The van der Waals surface area contributed by atoms with Crippen LogP contribution in [0.3, 0.4) is 0 Å². The Kier molecular flexibility index (Phi) is 4.06. The van der Waals surface area contributed by atoms with Crippen LogP contribution >= 0.6 is 15.9 Å². The number of aromatic amines is 1. The fourth-order valence-corrected chi connectivity index (χ4v) is 3.48. The van der Waals surface area contributed by atoms with E-state index in [1.54, 1.807) is 6.20 Å². The van der Waals surface area contributed by atoms with Crippen LogP contribution in [-0.4, -0.2) is 26.9 Å². The number of hydrogen-bond donors (Lipinski definition) is 1. The smallest absolute Gasteiger partial charge is 0.261 e. The van der Waals surface area contributed by atoms with E-state index in [4.69, 9.17) is 0 Å². The normalized spacial score (nSPS) is 20.4. The van der Waals surface area contributed by atoms with Gasteiger partial charge in [-0.25, -0.2) is 4.99 Å². The van der Waals surface area contributed by atoms with Crippen molar-refractivity contribution in [2.45, 2.75) is 31.7 Å². The van der Waals surface area contributed by atoms with Crippen LogP contribution in [-0.2, 0) is 0 Å². The highest BCUT2D eigenvalue weighted by atomic mass is 79.9. The van der Waals surface area contributed by atoms with Crippen LogP contribution in [0.2, 0.25) is 0 Å². The number of rotatable bonds is 4. The van der Waals surface area contributed by atoms with Crippen molar-refractivity contribution in [3.05, 3.63) is 56.2 Å². The first-order valence-corrected chi connectivity index (χ1v) is 7.91. The van der Waals surface area contributed by atoms with Gasteiger partial charge in [-0.2, -0.15) is 5.10 Å². The molecule has 1 aliphatic rings. The molecule has 0 bridgehead atoms. The number of fused-ring (bicyclic) bond motifs is 1. The minimum Gasteiger partial charge on any atom is -0.264 e. The zero-order chi connectivity index (χ0) is 15.7. The summed E-state index contributed by atoms with van der Waals surface area (Å²) in [4.78, 5) is 16.0. The number of aliphatic imine (C=N–C) groups is 1. The SMILES string of the molecule is CCCC1=Nc2[nH]ncc2C(c2ccccc2Br)C1[N+](=O)[O-]. The van der Waals surface area contributed by atoms with E-state index < -0.39 is 12.0 Å². The lowest BCUT2D eigenvalue weighted by Gasteiger charge is -2.26. The Hall–Kier alpha value is -2.02. The van der Waals surface area contributed by atoms with E-state index in [0.29, 0.717) is 18.0 Å². The Labute approximate surface area is 135 Å². The Morgan fingerprint density at radius 2 is 2.14 bits per heavy atom. The average molecular weight is 363 g/mol. The summed E-state index contributed by atoms with van der Waals surface area (Å²) < 4.78 is 0.858. The molecule has 114 valence electrons. The molecule has 0 amide bonds. The minimum atomic E-state index is -0.858. The van der Waals surface area contributed by atoms with Crippen LogP contribution in [0.1, 0.15) is 36.8 Å². The number of nitrogens with zero attached hydrogens (tertiary/aromatic N) is 3. The molecule has 2 aromatic rings. The van der Waals surface area contributed by atoms with Crippen LogP contribution in [0.15, 0.2) is 39.9 Å². The molecule has 1 N–H and O–H groups in total. The lowest BCUT2D eigenvalue weighted by Crippen LogP contribution is -2.38. The predicted molar refractivity (Wildman–Crippen MR) is 87.4 cm³/mol. The molecule has 2 atom stereocenters. The van der Waals surface area contributed by atoms with Gasteiger partial charge in [0.05, 0.1) is 17.8 Å². The third-order valence-corrected chi connectivity index (χ3v) is 4.59. The molecule has 7 heteroatoms. The third kappa shape index (κ3) is 2.45. The summed E-state index contributed by atoms with van der Waals surface area (Å²) in [5.41, 5.74) is 2.26. The zero-order valence-electron chi connectivity index (χ0n) is 12.0. The highest BCUT2D eigenvalue weighted by molar-refractivity contribution is 9.10. The number of nitrogens with one attached hydrogen (secondary N) is 1. The first kappa shape index (κ1) is 14.9. The van der Waals surface area contributed by atoms with Gasteiger partial charge in [0.2, 0.25) is 0 Å². The maximum absolute atomic E-state index is 11.7. The fourth-order valence-electron chi connectivity index (χ4n) is 2.95. The van der Waals surface area contributed by atoms with Crippen molar-refractivity contribution in [1.82, 2.24) is 10.2 Å². The van der Waals surface area contributed by atoms with Crippen LogP contribution in [0.25, 0.3) is 0 Å². The lowest BCUT2D eigenvalue weighted by atomic mass is 9.81. The molecule has 0 fully saturated rings. The Morgan fingerprint density at radius 3 is 2.82 bits per heavy atom. The second-order valence-corrected chi connectivity index (χ2v) is 6.11. The molecule has 6 nitrogen and oxygen atoms in total. The first-order chi connectivity index (χ1) is 10.6. The lowest BCUT2D eigenvalue weighted by molar-refractivity contribution is -0.505. The van der Waals surface area contributed by atoms with Crippen molar-refractivity contribution < 1.29 is 4.92 Å². The van der Waals surface area contributed by atoms with Gasteiger partial charge >= 0.3 is 0 Å². The molecular weight excluding hydrogens is 348 g/mol. The van der Waals surface area contributed by atoms with Crippen LogP contribution in [0.5, 0.6) is 0 Å². The summed E-state index contributed by atoms with van der Waals surface area (Å²) in [5, 5.41) is 18.6. The van der Waals surface area contributed by atoms with E-state index >= 15 is 0 Å². The van der Waals surface area contributed by atoms with Gasteiger partial charge in [0.1, 0.15) is 0 Å². The van der Waals surface area contributed by atoms with Gasteiger partial charge in [-0.3, -0.25) is 15.2 Å². The quantitative estimate of drug-likeness (QED) is 0.662. The molecule has 3 rings (SSSR count). The van der Waals surface area contributed by atoms with Gasteiger partial charge in [0, 0.05) is 15.0 Å². The monoisotopic (exact) mass is 362 g/mol. The second kappa shape index (κ2) is 6.00. The highest BCUT2D eigenvalue weighted by Crippen LogP contribution is 2.41. The minimum absolute atomic E-state index is 0.228. The first-order valence-electron chi connectivity index (χ1n) is 7.12. The van der Waals surface area contributed by atoms with E-state index in [2.05, 4.69) is 31.1 Å². The number of halogens is 1. The Morgan fingerprint density at radius 1 is 1.36 bits per heavy atom. The van der Waals surface area contributed by atoms with Gasteiger partial charge in [-0.05, 0) is 18.1 Å². The van der Waals surface area contributed by atoms with E-state index in [0.717, 1.165) is 22.0 Å². The molecule has 0 aliphatic carbocycles. The van der Waals surface area contributed by atoms with Gasteiger partial charge < -0.3 is 0 Å². The molecule has 0 radical (unpaired) electrons. The molecular formula is C15H15BrN4O2. The van der Waals surface area contributed by atoms with Crippen molar-refractivity contribution >= 4 is 27.5 Å². The molecule has 1 aromatic heterocycles. The van der Waals surface area contributed by atoms with Crippen LogP contribution in [0, 0.1) is 10.1 Å². The summed E-state index contributed by atoms with van der Waals surface area (Å²) in [7, 11) is 0. The van der Waals surface area contributed by atoms with Crippen molar-refractivity contribution in [3.63, 3.8) is 0 Å². The van der Waals surface area contributed by atoms with E-state index in [1.165, 1.54) is 0 Å². The van der Waals surface area contributed by atoms with Crippen molar-refractivity contribution in [2.24, 2.45) is 4.99 Å². The zero-order valence-corrected chi connectivity index (χ0v) is 13.6. The topological polar surface area (TPSA) is 84.2 Å². The molecule has 22 heavy (non-hydrogen) atoms. The van der Waals surface area contributed by atoms with E-state index in [-0.39, 0.29) is 4.92 Å². The van der Waals surface area contributed by atoms with Crippen LogP contribution in [0.4, 0.5) is 5.82 Å². The van der Waals surface area contributed by atoms with Crippen molar-refractivity contribution in [1.29, 1.82) is 0 Å². The maximum atomic E-state index is 11.7. The maximum Gasteiger partial charge on any atom is 0.261 e. The van der Waals surface area contributed by atoms with Crippen molar-refractivity contribution in [3.8, 4) is 0 Å². The molecule has 0 saturated heterocycles. The number of benzene rings is 1. The molecule has 1 aliphatic heterocycles. The number of aromatic nitrogens is 2. The summed E-state index contributed by atoms with van der Waals surface area (Å²) in [5.74, 6) is 0.237. The summed E-state index contributed by atoms with van der Waals surface area (Å²) in [6.45, 7) is 2.00. The second-order valence-electron chi connectivity index (χ2n) is 5.26. The van der Waals surface area contributed by atoms with E-state index in [9.17, 15) is 10.1 Å². The van der Waals surface area contributed by atoms with Gasteiger partial charge in [-0.1, -0.05) is 47.5 Å². The fraction of sp³-hybridized carbons (Fsp3) is 0.333. The number of H-pyrrole nitrogens is 1. The van der Waals surface area contributed by atoms with Gasteiger partial charge in [-0.15, -0.1) is 0 Å². The van der Waals surface area contributed by atoms with E-state index in [1.807, 2.05) is 31.2 Å². The summed E-state index contributed by atoms with van der Waals surface area (Å²) in [6, 6.07) is 6.74. The highest BCUT2D eigenvalue weighted by Gasteiger charge is 2.43. The molecule has 1 aromatic carbocycles. The summed E-state index contributed by atoms with van der Waals surface area (Å²) in [6.07, 6.45) is 3.06. The summed E-state index contributed by atoms with van der Waals surface area (Å²) >= 11 is 3.51. The molecule has 0 saturated carbocycles. The average Bonchev–Trinajstić information content (AvgIpc) is 2.94. The van der Waals surface area contributed by atoms with Gasteiger partial charge in [0.25, 0.3) is 6.04 Å². The largest absolute Gasteiger partial charge is 0.264 e. The van der Waals surface area contributed by atoms with Crippen LogP contribution < -0.4 is 0 Å². The predicted octanol–water partition coefficient (Wildman–Crippen LogP) is 3.84. The number of nitro groups is 1. The standard InChI is InChI=1S/C15H15BrN4O2/c1-2-5-12-14(20(21)22)13(9-6-3-4-7-11(9)16)10-8-17-19-15(10)18-12/h3-4,6-8,13-14H,2,5H2,1H3,(H,17,19). The van der Waals surface area contributed by atoms with Gasteiger partial charge in [0.15, 0.2) is 5.82 Å².